The fourth-order valence-corrected chi connectivity index (χ4v) is 1.81. The van der Waals surface area contributed by atoms with E-state index >= 15 is 0 Å². The summed E-state index contributed by atoms with van der Waals surface area (Å²) in [4.78, 5) is 0. The lowest BCUT2D eigenvalue weighted by atomic mass is 9.85. The van der Waals surface area contributed by atoms with Crippen LogP contribution in [0, 0.1) is 11.6 Å². The maximum atomic E-state index is 13.8. The van der Waals surface area contributed by atoms with E-state index in [1.807, 2.05) is 20.8 Å². The topological polar surface area (TPSA) is 0 Å². The lowest BCUT2D eigenvalue weighted by Crippen LogP contribution is -2.15. The Bertz CT molecular complexity index is 340. The third kappa shape index (κ3) is 2.14. The molecule has 0 aliphatic heterocycles. The number of alkyl halides is 1. The number of benzene rings is 1. The molecule has 0 amide bonds. The lowest BCUT2D eigenvalue weighted by Gasteiger charge is -2.21. The molecule has 3 heteroatoms. The highest BCUT2D eigenvalue weighted by Crippen LogP contribution is 2.28. The predicted molar refractivity (Wildman–Crippen MR) is 57.7 cm³/mol. The summed E-state index contributed by atoms with van der Waals surface area (Å²) in [6.07, 6.45) is 0. The Hall–Kier alpha value is -0.440. The van der Waals surface area contributed by atoms with Crippen LogP contribution in [0.5, 0.6) is 0 Å². The predicted octanol–water partition coefficient (Wildman–Crippen LogP) is 4.16. The fraction of sp³-hybridized carbons (Fsp3) is 0.455. The van der Waals surface area contributed by atoms with E-state index in [1.165, 1.54) is 12.1 Å². The van der Waals surface area contributed by atoms with Crippen molar-refractivity contribution in [2.75, 3.05) is 0 Å². The highest BCUT2D eigenvalue weighted by Gasteiger charge is 2.21. The van der Waals surface area contributed by atoms with Gasteiger partial charge in [0.05, 0.1) is 0 Å². The van der Waals surface area contributed by atoms with E-state index in [2.05, 4.69) is 15.9 Å². The molecule has 1 aromatic carbocycles. The van der Waals surface area contributed by atoms with Gasteiger partial charge in [0, 0.05) is 10.9 Å². The maximum Gasteiger partial charge on any atom is 0.133 e. The third-order valence-corrected chi connectivity index (χ3v) is 2.69. The monoisotopic (exact) mass is 262 g/mol. The van der Waals surface area contributed by atoms with E-state index in [9.17, 15) is 8.78 Å². The minimum Gasteiger partial charge on any atom is -0.207 e. The summed E-state index contributed by atoms with van der Waals surface area (Å²) in [5, 5.41) is 0.203. The maximum absolute atomic E-state index is 13.8. The first-order valence-electron chi connectivity index (χ1n) is 4.41. The second-order valence-corrected chi connectivity index (χ2v) is 4.83. The van der Waals surface area contributed by atoms with Crippen LogP contribution in [0.3, 0.4) is 0 Å². The van der Waals surface area contributed by atoms with Crippen LogP contribution < -0.4 is 0 Å². The molecule has 0 N–H and O–H groups in total. The van der Waals surface area contributed by atoms with E-state index in [0.717, 1.165) is 0 Å². The molecule has 0 aliphatic carbocycles. The molecule has 0 heterocycles. The zero-order valence-corrected chi connectivity index (χ0v) is 10.1. The number of hydrogen-bond donors (Lipinski definition) is 0. The highest BCUT2D eigenvalue weighted by atomic mass is 79.9. The van der Waals surface area contributed by atoms with Crippen molar-refractivity contribution in [2.24, 2.45) is 0 Å². The molecule has 0 atom stereocenters. The van der Waals surface area contributed by atoms with Crippen LogP contribution in [0.2, 0.25) is 0 Å². The minimum atomic E-state index is -0.493. The SMILES string of the molecule is CC(C)(C)c1ccc(F)c(CBr)c1F. The molecule has 0 unspecified atom stereocenters. The summed E-state index contributed by atoms with van der Waals surface area (Å²) in [5.41, 5.74) is 0.361. The molecule has 14 heavy (non-hydrogen) atoms. The van der Waals surface area contributed by atoms with Crippen LogP contribution in [-0.2, 0) is 10.7 Å². The van der Waals surface area contributed by atoms with E-state index in [-0.39, 0.29) is 16.3 Å². The average Bonchev–Trinajstić information content (AvgIpc) is 2.02. The fourth-order valence-electron chi connectivity index (χ4n) is 1.30. The van der Waals surface area contributed by atoms with Gasteiger partial charge >= 0.3 is 0 Å². The summed E-state index contributed by atoms with van der Waals surface area (Å²) >= 11 is 3.08. The van der Waals surface area contributed by atoms with Crippen molar-refractivity contribution in [3.63, 3.8) is 0 Å². The van der Waals surface area contributed by atoms with Crippen LogP contribution in [0.15, 0.2) is 12.1 Å². The van der Waals surface area contributed by atoms with E-state index in [0.29, 0.717) is 5.56 Å². The molecular weight excluding hydrogens is 250 g/mol. The van der Waals surface area contributed by atoms with Gasteiger partial charge in [-0.1, -0.05) is 42.8 Å². The average molecular weight is 263 g/mol. The quantitative estimate of drug-likeness (QED) is 0.667. The molecule has 0 spiro atoms. The Morgan fingerprint density at radius 3 is 2.21 bits per heavy atom. The zero-order chi connectivity index (χ0) is 10.9. The Kier molecular flexibility index (Phi) is 3.30. The van der Waals surface area contributed by atoms with Crippen molar-refractivity contribution in [1.82, 2.24) is 0 Å². The van der Waals surface area contributed by atoms with Gasteiger partial charge in [0.2, 0.25) is 0 Å². The second-order valence-electron chi connectivity index (χ2n) is 4.27. The van der Waals surface area contributed by atoms with Crippen LogP contribution in [0.4, 0.5) is 8.78 Å². The molecule has 0 aliphatic rings. The molecule has 0 saturated carbocycles. The highest BCUT2D eigenvalue weighted by molar-refractivity contribution is 9.08. The number of rotatable bonds is 1. The van der Waals surface area contributed by atoms with Crippen LogP contribution >= 0.6 is 15.9 Å². The smallest absolute Gasteiger partial charge is 0.133 e. The molecule has 0 bridgehead atoms. The van der Waals surface area contributed by atoms with E-state index < -0.39 is 11.6 Å². The lowest BCUT2D eigenvalue weighted by molar-refractivity contribution is 0.502. The van der Waals surface area contributed by atoms with E-state index in [1.54, 1.807) is 0 Å². The third-order valence-electron chi connectivity index (χ3n) is 2.13. The van der Waals surface area contributed by atoms with Gasteiger partial charge in [0.1, 0.15) is 11.6 Å². The van der Waals surface area contributed by atoms with Crippen LogP contribution in [0.1, 0.15) is 31.9 Å². The largest absolute Gasteiger partial charge is 0.207 e. The van der Waals surface area contributed by atoms with Crippen molar-refractivity contribution < 1.29 is 8.78 Å². The summed E-state index contributed by atoms with van der Waals surface area (Å²) < 4.78 is 26.9. The van der Waals surface area contributed by atoms with Crippen LogP contribution in [0.25, 0.3) is 0 Å². The normalized spacial score (nSPS) is 11.9. The van der Waals surface area contributed by atoms with Gasteiger partial charge in [0.25, 0.3) is 0 Å². The minimum absolute atomic E-state index is 0.109. The Balaban J connectivity index is 3.36. The summed E-state index contributed by atoms with van der Waals surface area (Å²) in [5.74, 6) is -0.929. The molecule has 1 rings (SSSR count). The molecule has 0 aromatic heterocycles. The Labute approximate surface area is 91.5 Å². The molecule has 0 nitrogen and oxygen atoms in total. The molecule has 0 saturated heterocycles. The van der Waals surface area contributed by atoms with Crippen molar-refractivity contribution in [3.8, 4) is 0 Å². The first-order valence-corrected chi connectivity index (χ1v) is 5.53. The van der Waals surface area contributed by atoms with Gasteiger partial charge < -0.3 is 0 Å². The first kappa shape index (κ1) is 11.6. The molecule has 1 aromatic rings. The molecule has 78 valence electrons. The zero-order valence-electron chi connectivity index (χ0n) is 8.50. The van der Waals surface area contributed by atoms with Gasteiger partial charge in [-0.15, -0.1) is 0 Å². The standard InChI is InChI=1S/C11H13BrF2/c1-11(2,3)8-4-5-9(13)7(6-12)10(8)14/h4-5H,6H2,1-3H3. The van der Waals surface area contributed by atoms with Crippen molar-refractivity contribution in [2.45, 2.75) is 31.5 Å². The van der Waals surface area contributed by atoms with E-state index in [4.69, 9.17) is 0 Å². The van der Waals surface area contributed by atoms with Gasteiger partial charge in [-0.25, -0.2) is 8.78 Å². The van der Waals surface area contributed by atoms with Gasteiger partial charge in [-0.2, -0.15) is 0 Å². The summed E-state index contributed by atoms with van der Waals surface area (Å²) in [6, 6.07) is 2.83. The first-order chi connectivity index (χ1) is 6.38. The van der Waals surface area contributed by atoms with Crippen molar-refractivity contribution >= 4 is 15.9 Å². The van der Waals surface area contributed by atoms with Gasteiger partial charge in [0.15, 0.2) is 0 Å². The molecule has 0 radical (unpaired) electrons. The Morgan fingerprint density at radius 1 is 1.21 bits per heavy atom. The van der Waals surface area contributed by atoms with Crippen molar-refractivity contribution in [1.29, 1.82) is 0 Å². The van der Waals surface area contributed by atoms with Gasteiger partial charge in [-0.05, 0) is 17.0 Å². The van der Waals surface area contributed by atoms with Crippen molar-refractivity contribution in [3.05, 3.63) is 34.9 Å². The molecule has 0 fully saturated rings. The molecular formula is C11H13BrF2. The summed E-state index contributed by atoms with van der Waals surface area (Å²) in [7, 11) is 0. The second kappa shape index (κ2) is 3.97. The number of halogens is 3. The van der Waals surface area contributed by atoms with Crippen LogP contribution in [-0.4, -0.2) is 0 Å². The number of hydrogen-bond acceptors (Lipinski definition) is 0. The van der Waals surface area contributed by atoms with Gasteiger partial charge in [-0.3, -0.25) is 0 Å². The Morgan fingerprint density at radius 2 is 1.79 bits per heavy atom. The summed E-state index contributed by atoms with van der Waals surface area (Å²) in [6.45, 7) is 5.71.